The second-order valence-electron chi connectivity index (χ2n) is 8.59. The molecule has 2 fully saturated rings. The molecule has 1 N–H and O–H groups in total. The Hall–Kier alpha value is 0.0719. The summed E-state index contributed by atoms with van der Waals surface area (Å²) in [4.78, 5) is 12.6. The van der Waals surface area contributed by atoms with Crippen molar-refractivity contribution in [2.45, 2.75) is 82.8 Å². The zero-order valence-electron chi connectivity index (χ0n) is 16.8. The maximum Gasteiger partial charge on any atom is 1.00 e. The van der Waals surface area contributed by atoms with E-state index in [0.29, 0.717) is 6.42 Å². The Balaban J connectivity index is 0.00000182. The van der Waals surface area contributed by atoms with Crippen LogP contribution in [0.4, 0.5) is 0 Å². The molecule has 1 saturated carbocycles. The molecule has 0 aromatic heterocycles. The predicted octanol–water partition coefficient (Wildman–Crippen LogP) is -0.184. The smallest absolute Gasteiger partial charge is 1.00 e. The van der Waals surface area contributed by atoms with Crippen LogP contribution in [-0.4, -0.2) is 43.3 Å². The van der Waals surface area contributed by atoms with E-state index in [1.807, 2.05) is 40.8 Å². The van der Waals surface area contributed by atoms with Crippen LogP contribution in [-0.2, 0) is 51.5 Å². The van der Waals surface area contributed by atoms with Gasteiger partial charge in [-0.1, -0.05) is 34.1 Å². The third-order valence-electron chi connectivity index (χ3n) is 5.63. The van der Waals surface area contributed by atoms with Crippen LogP contribution in [0.15, 0.2) is 23.2 Å². The van der Waals surface area contributed by atoms with Crippen molar-refractivity contribution in [2.24, 2.45) is 0 Å². The largest absolute Gasteiger partial charge is 1.00 e. The molecule has 1 aliphatic carbocycles. The number of hydrogen-bond acceptors (Lipinski definition) is 5. The van der Waals surface area contributed by atoms with Crippen molar-refractivity contribution in [3.05, 3.63) is 23.2 Å². The van der Waals surface area contributed by atoms with Crippen LogP contribution in [0, 0.1) is 0 Å². The average Bonchev–Trinajstić information content (AvgIpc) is 3.24. The molecule has 2 heterocycles. The van der Waals surface area contributed by atoms with Crippen LogP contribution < -0.4 is 12.4 Å². The van der Waals surface area contributed by atoms with Gasteiger partial charge in [0.2, 0.25) is 5.79 Å². The number of rotatable bonds is 4. The van der Waals surface area contributed by atoms with Crippen molar-refractivity contribution in [1.29, 1.82) is 0 Å². The van der Waals surface area contributed by atoms with Crippen molar-refractivity contribution >= 4 is 14.1 Å². The summed E-state index contributed by atoms with van der Waals surface area (Å²) in [5.41, 5.74) is 0.114. The van der Waals surface area contributed by atoms with E-state index in [0.717, 1.165) is 6.42 Å². The maximum atomic E-state index is 12.6. The van der Waals surface area contributed by atoms with E-state index >= 15 is 0 Å². The van der Waals surface area contributed by atoms with Gasteiger partial charge in [-0.2, -0.15) is 0 Å². The van der Waals surface area contributed by atoms with Crippen molar-refractivity contribution in [1.82, 2.24) is 0 Å². The second kappa shape index (κ2) is 8.07. The molecule has 2 aliphatic heterocycles. The number of carbonyl (C=O) groups is 1. The molecule has 0 spiro atoms. The SMILES string of the molecule is CCC[C@@H]1C=C2C(=O)[C@@H]3O[C@@H]3[C@@](O)(O[Si](C)(C)C(C)(C)C)C2=C([O])O1.[Cl-].[Hg+]. The van der Waals surface area contributed by atoms with Crippen LogP contribution >= 0.6 is 0 Å². The van der Waals surface area contributed by atoms with Crippen molar-refractivity contribution in [3.8, 4) is 0 Å². The summed E-state index contributed by atoms with van der Waals surface area (Å²) in [6.45, 7) is 12.1. The molecule has 1 saturated heterocycles. The van der Waals surface area contributed by atoms with Gasteiger partial charge in [-0.15, -0.1) is 0 Å². The Morgan fingerprint density at radius 1 is 1.33 bits per heavy atom. The summed E-state index contributed by atoms with van der Waals surface area (Å²) in [5, 5.41) is 23.8. The van der Waals surface area contributed by atoms with Crippen molar-refractivity contribution in [3.63, 3.8) is 0 Å². The fourth-order valence-corrected chi connectivity index (χ4v) is 4.44. The third kappa shape index (κ3) is 4.19. The van der Waals surface area contributed by atoms with Crippen LogP contribution in [0.3, 0.4) is 0 Å². The molecule has 3 aliphatic rings. The standard InChI is InChI=1S/C18H27O6Si.ClH.Hg/c1-7-8-10-9-11-12(16(20)22-10)18(21,15-14(23-15)13(11)19)24-25(5,6)17(2,3)4;;/h9-10,14-15,21H,7-8H2,1-6H3;1H;/q;;+1/p-1/t10-,14+,15+,18+;;/m1../s1. The van der Waals surface area contributed by atoms with Gasteiger partial charge in [0.1, 0.15) is 17.8 Å². The zero-order chi connectivity index (χ0) is 18.8. The summed E-state index contributed by atoms with van der Waals surface area (Å²) in [6.07, 6.45) is 1.06. The van der Waals surface area contributed by atoms with E-state index in [4.69, 9.17) is 13.9 Å². The molecule has 9 heteroatoms. The minimum absolute atomic E-state index is 0. The van der Waals surface area contributed by atoms with Crippen LogP contribution in [0.25, 0.3) is 0 Å². The van der Waals surface area contributed by atoms with Gasteiger partial charge >= 0.3 is 33.6 Å². The maximum absolute atomic E-state index is 12.6. The van der Waals surface area contributed by atoms with Crippen molar-refractivity contribution in [2.75, 3.05) is 0 Å². The molecule has 0 aromatic carbocycles. The molecule has 4 atom stereocenters. The van der Waals surface area contributed by atoms with Gasteiger partial charge in [0.15, 0.2) is 20.2 Å². The van der Waals surface area contributed by atoms with Gasteiger partial charge in [0.05, 0.1) is 0 Å². The molecule has 0 amide bonds. The first-order chi connectivity index (χ1) is 11.4. The van der Waals surface area contributed by atoms with Crippen molar-refractivity contribution < 1.29 is 69.0 Å². The predicted molar refractivity (Wildman–Crippen MR) is 92.5 cm³/mol. The third-order valence-corrected chi connectivity index (χ3v) is 10.1. The average molecular weight is 604 g/mol. The zero-order valence-corrected chi connectivity index (χ0v) is 24.1. The molecule has 27 heavy (non-hydrogen) atoms. The Kier molecular flexibility index (Phi) is 7.50. The van der Waals surface area contributed by atoms with Gasteiger partial charge in [0, 0.05) is 5.57 Å². The van der Waals surface area contributed by atoms with E-state index in [1.165, 1.54) is 0 Å². The fourth-order valence-electron chi connectivity index (χ4n) is 3.14. The molecular weight excluding hydrogens is 576 g/mol. The van der Waals surface area contributed by atoms with Gasteiger partial charge in [-0.25, -0.2) is 5.11 Å². The van der Waals surface area contributed by atoms with Gasteiger partial charge in [-0.3, -0.25) is 4.79 Å². The Morgan fingerprint density at radius 2 is 1.93 bits per heavy atom. The van der Waals surface area contributed by atoms with E-state index in [2.05, 4.69) is 0 Å². The number of ketones is 1. The van der Waals surface area contributed by atoms with E-state index in [9.17, 15) is 15.0 Å². The molecular formula is C18H27ClHgO6Si. The second-order valence-corrected chi connectivity index (χ2v) is 13.3. The Bertz CT molecular complexity index is 671. The summed E-state index contributed by atoms with van der Waals surface area (Å²) < 4.78 is 17.1. The molecule has 6 nitrogen and oxygen atoms in total. The van der Waals surface area contributed by atoms with Crippen LogP contribution in [0.2, 0.25) is 18.1 Å². The quantitative estimate of drug-likeness (QED) is 0.274. The number of epoxide rings is 1. The number of Topliss-reactive ketones (excluding diaryl/α,β-unsaturated/α-hetero) is 1. The minimum Gasteiger partial charge on any atom is -1.00 e. The van der Waals surface area contributed by atoms with E-state index in [-0.39, 0.29) is 62.0 Å². The normalized spacial score (nSPS) is 32.3. The number of hydrogen-bond donors (Lipinski definition) is 1. The van der Waals surface area contributed by atoms with Gasteiger partial charge in [-0.05, 0) is 30.6 Å². The summed E-state index contributed by atoms with van der Waals surface area (Å²) in [7, 11) is -2.44. The number of halogens is 1. The molecule has 148 valence electrons. The fraction of sp³-hybridized carbons (Fsp3) is 0.722. The number of fused-ring (bicyclic) bond motifs is 2. The topological polar surface area (TPSA) is 88.2 Å². The summed E-state index contributed by atoms with van der Waals surface area (Å²) in [5.74, 6) is -2.87. The molecule has 0 aromatic rings. The first-order valence-corrected chi connectivity index (χ1v) is 11.8. The van der Waals surface area contributed by atoms with Crippen LogP contribution in [0.5, 0.6) is 0 Å². The molecule has 0 bridgehead atoms. The summed E-state index contributed by atoms with van der Waals surface area (Å²) >= 11 is 0. The minimum atomic E-state index is -2.44. The van der Waals surface area contributed by atoms with Gasteiger partial charge < -0.3 is 31.4 Å². The number of carbonyl (C=O) groups excluding carboxylic acids is 1. The monoisotopic (exact) mass is 604 g/mol. The number of ether oxygens (including phenoxy) is 2. The van der Waals surface area contributed by atoms with Gasteiger partial charge in [0.25, 0.3) is 0 Å². The summed E-state index contributed by atoms with van der Waals surface area (Å²) in [6, 6.07) is 0. The molecule has 0 unspecified atom stereocenters. The van der Waals surface area contributed by atoms with E-state index < -0.39 is 38.4 Å². The van der Waals surface area contributed by atoms with E-state index in [1.54, 1.807) is 6.08 Å². The first-order valence-electron chi connectivity index (χ1n) is 8.85. The molecule has 2 radical (unpaired) electrons. The number of aliphatic hydroxyl groups is 1. The Labute approximate surface area is 188 Å². The Morgan fingerprint density at radius 3 is 2.44 bits per heavy atom. The van der Waals surface area contributed by atoms with Crippen LogP contribution in [0.1, 0.15) is 40.5 Å². The molecule has 3 rings (SSSR count). The first kappa shape index (κ1) is 25.1.